The summed E-state index contributed by atoms with van der Waals surface area (Å²) in [6, 6.07) is 10.4. The summed E-state index contributed by atoms with van der Waals surface area (Å²) in [7, 11) is 0. The molecule has 8 nitrogen and oxygen atoms in total. The van der Waals surface area contributed by atoms with Crippen molar-refractivity contribution in [3.05, 3.63) is 66.0 Å². The molecule has 33 heavy (non-hydrogen) atoms. The maximum Gasteiger partial charge on any atom is 0.148 e. The molecule has 8 heteroatoms. The first-order valence-electron chi connectivity index (χ1n) is 11.3. The lowest BCUT2D eigenvalue weighted by Crippen LogP contribution is -2.60. The predicted molar refractivity (Wildman–Crippen MR) is 123 cm³/mol. The summed E-state index contributed by atoms with van der Waals surface area (Å²) in [5, 5.41) is 22.2. The van der Waals surface area contributed by atoms with Crippen molar-refractivity contribution in [3.8, 4) is 22.9 Å². The van der Waals surface area contributed by atoms with Crippen LogP contribution in [0.2, 0.25) is 0 Å². The van der Waals surface area contributed by atoms with Crippen molar-refractivity contribution >= 4 is 5.52 Å². The maximum absolute atomic E-state index is 9.61. The minimum absolute atomic E-state index is 0.280. The molecule has 0 amide bonds. The fourth-order valence-electron chi connectivity index (χ4n) is 5.23. The number of pyridine rings is 2. The van der Waals surface area contributed by atoms with E-state index in [0.29, 0.717) is 28.3 Å². The predicted octanol–water partition coefficient (Wildman–Crippen LogP) is 3.84. The Morgan fingerprint density at radius 1 is 1.24 bits per heavy atom. The average molecular weight is 440 g/mol. The van der Waals surface area contributed by atoms with Crippen LogP contribution in [0.15, 0.2) is 49.1 Å². The largest absolute Gasteiger partial charge is 0.482 e. The van der Waals surface area contributed by atoms with Gasteiger partial charge in [-0.05, 0) is 50.3 Å². The van der Waals surface area contributed by atoms with Gasteiger partial charge in [-0.15, -0.1) is 0 Å². The van der Waals surface area contributed by atoms with Gasteiger partial charge in [0.05, 0.1) is 24.1 Å². The van der Waals surface area contributed by atoms with Crippen LogP contribution in [0, 0.1) is 23.7 Å². The highest BCUT2D eigenvalue weighted by Crippen LogP contribution is 2.51. The van der Waals surface area contributed by atoms with Gasteiger partial charge in [0.1, 0.15) is 29.0 Å². The van der Waals surface area contributed by atoms with E-state index >= 15 is 0 Å². The summed E-state index contributed by atoms with van der Waals surface area (Å²) in [5.74, 6) is 0.606. The molecule has 4 aromatic rings. The molecule has 1 N–H and O–H groups in total. The van der Waals surface area contributed by atoms with Crippen LogP contribution in [0.4, 0.5) is 0 Å². The average Bonchev–Trinajstić information content (AvgIpc) is 3.36. The molecule has 6 rings (SSSR count). The van der Waals surface area contributed by atoms with E-state index in [0.717, 1.165) is 35.6 Å². The summed E-state index contributed by atoms with van der Waals surface area (Å²) in [6.45, 7) is 6.34. The van der Waals surface area contributed by atoms with Gasteiger partial charge < -0.3 is 10.1 Å². The second-order valence-corrected chi connectivity index (χ2v) is 9.32. The molecular formula is C25H25N7O. The zero-order valence-electron chi connectivity index (χ0n) is 18.7. The molecule has 4 aromatic heterocycles. The minimum atomic E-state index is -0.280. The first-order valence-corrected chi connectivity index (χ1v) is 11.3. The summed E-state index contributed by atoms with van der Waals surface area (Å²) >= 11 is 0. The summed E-state index contributed by atoms with van der Waals surface area (Å²) < 4.78 is 10.2. The lowest BCUT2D eigenvalue weighted by atomic mass is 9.61. The Morgan fingerprint density at radius 2 is 2.09 bits per heavy atom. The van der Waals surface area contributed by atoms with Crippen molar-refractivity contribution in [1.82, 2.24) is 29.7 Å². The number of fused-ring (bicyclic) bond motifs is 1. The van der Waals surface area contributed by atoms with Crippen molar-refractivity contribution < 1.29 is 4.74 Å². The van der Waals surface area contributed by atoms with Gasteiger partial charge in [-0.1, -0.05) is 6.07 Å². The van der Waals surface area contributed by atoms with Crippen molar-refractivity contribution in [2.75, 3.05) is 13.1 Å². The Hall–Kier alpha value is -3.70. The van der Waals surface area contributed by atoms with Gasteiger partial charge in [0.15, 0.2) is 0 Å². The molecule has 1 aliphatic carbocycles. The molecule has 0 bridgehead atoms. The van der Waals surface area contributed by atoms with E-state index in [2.05, 4.69) is 33.1 Å². The van der Waals surface area contributed by atoms with Gasteiger partial charge in [-0.2, -0.15) is 15.5 Å². The number of nitrogens with one attached hydrogen (secondary N) is 1. The third-order valence-electron chi connectivity index (χ3n) is 7.14. The van der Waals surface area contributed by atoms with Crippen LogP contribution in [0.1, 0.15) is 48.9 Å². The van der Waals surface area contributed by atoms with E-state index in [4.69, 9.17) is 9.84 Å². The zero-order valence-corrected chi connectivity index (χ0v) is 18.7. The number of aromatic nitrogens is 5. The maximum atomic E-state index is 9.61. The molecule has 1 atom stereocenters. The number of hydrogen-bond donors (Lipinski definition) is 1. The number of hydrogen-bond acceptors (Lipinski definition) is 6. The highest BCUT2D eigenvalue weighted by molar-refractivity contribution is 5.76. The Labute approximate surface area is 191 Å². The van der Waals surface area contributed by atoms with Gasteiger partial charge in [-0.25, -0.2) is 4.52 Å². The van der Waals surface area contributed by atoms with E-state index in [1.807, 2.05) is 43.6 Å². The molecule has 0 unspecified atom stereocenters. The van der Waals surface area contributed by atoms with E-state index in [9.17, 15) is 5.26 Å². The van der Waals surface area contributed by atoms with Crippen LogP contribution in [0.5, 0.6) is 5.75 Å². The monoisotopic (exact) mass is 439 g/mol. The van der Waals surface area contributed by atoms with Crippen molar-refractivity contribution in [2.45, 2.75) is 38.8 Å². The number of nitriles is 1. The Bertz CT molecular complexity index is 1370. The molecule has 1 aliphatic heterocycles. The van der Waals surface area contributed by atoms with Crippen molar-refractivity contribution in [2.24, 2.45) is 5.41 Å². The SMILES string of the molecule is Cc1c(-c2cc(O[C@H](C)c3ccccn3)c3c(C#N)cnn3c2)cnn1C1CC2(CNC2)C1. The molecule has 166 valence electrons. The van der Waals surface area contributed by atoms with E-state index in [1.165, 1.54) is 12.8 Å². The molecule has 0 aromatic carbocycles. The quantitative estimate of drug-likeness (QED) is 0.508. The lowest BCUT2D eigenvalue weighted by Gasteiger charge is -2.54. The van der Waals surface area contributed by atoms with E-state index in [1.54, 1.807) is 16.9 Å². The van der Waals surface area contributed by atoms with Crippen LogP contribution < -0.4 is 10.1 Å². The summed E-state index contributed by atoms with van der Waals surface area (Å²) in [4.78, 5) is 4.41. The Balaban J connectivity index is 1.37. The molecule has 1 spiro atoms. The second-order valence-electron chi connectivity index (χ2n) is 9.32. The number of nitrogens with zero attached hydrogens (tertiary/aromatic N) is 6. The fourth-order valence-corrected chi connectivity index (χ4v) is 5.23. The molecule has 0 radical (unpaired) electrons. The highest BCUT2D eigenvalue weighted by Gasteiger charge is 2.49. The third kappa shape index (κ3) is 3.19. The third-order valence-corrected chi connectivity index (χ3v) is 7.14. The van der Waals surface area contributed by atoms with Gasteiger partial charge in [0.2, 0.25) is 0 Å². The van der Waals surface area contributed by atoms with Crippen LogP contribution in [-0.4, -0.2) is 37.5 Å². The Morgan fingerprint density at radius 3 is 2.79 bits per heavy atom. The first kappa shape index (κ1) is 19.9. The topological polar surface area (TPSA) is 93.1 Å². The minimum Gasteiger partial charge on any atom is -0.482 e. The fraction of sp³-hybridized carbons (Fsp3) is 0.360. The summed E-state index contributed by atoms with van der Waals surface area (Å²) in [6.07, 6.45) is 9.29. The van der Waals surface area contributed by atoms with Gasteiger partial charge in [0, 0.05) is 42.3 Å². The van der Waals surface area contributed by atoms with Gasteiger partial charge in [0.25, 0.3) is 0 Å². The zero-order chi connectivity index (χ0) is 22.6. The van der Waals surface area contributed by atoms with Crippen molar-refractivity contribution in [3.63, 3.8) is 0 Å². The first-order chi connectivity index (χ1) is 16.1. The molecule has 2 fully saturated rings. The van der Waals surface area contributed by atoms with E-state index < -0.39 is 0 Å². The summed E-state index contributed by atoms with van der Waals surface area (Å²) in [5.41, 5.74) is 5.60. The molecular weight excluding hydrogens is 414 g/mol. The van der Waals surface area contributed by atoms with Crippen LogP contribution in [-0.2, 0) is 0 Å². The number of ether oxygens (including phenoxy) is 1. The standard InChI is InChI=1S/C25H25N7O/c1-16-21(12-30-32(16)20-8-25(9-20)14-27-15-25)18-7-23(24-19(10-26)11-29-31(24)13-18)33-17(2)22-5-3-4-6-28-22/h3-7,11-13,17,20,27H,8-9,14-15H2,1-2H3/t17-/m1/s1. The second kappa shape index (κ2) is 7.42. The van der Waals surface area contributed by atoms with Crippen LogP contribution in [0.25, 0.3) is 16.6 Å². The molecule has 1 saturated heterocycles. The molecule has 1 saturated carbocycles. The van der Waals surface area contributed by atoms with Crippen LogP contribution >= 0.6 is 0 Å². The number of rotatable bonds is 5. The lowest BCUT2D eigenvalue weighted by molar-refractivity contribution is 0.00155. The van der Waals surface area contributed by atoms with Gasteiger partial charge in [-0.3, -0.25) is 9.67 Å². The Kier molecular flexibility index (Phi) is 4.49. The molecule has 5 heterocycles. The van der Waals surface area contributed by atoms with Crippen LogP contribution in [0.3, 0.4) is 0 Å². The van der Waals surface area contributed by atoms with Gasteiger partial charge >= 0.3 is 0 Å². The smallest absolute Gasteiger partial charge is 0.148 e. The van der Waals surface area contributed by atoms with E-state index in [-0.39, 0.29) is 6.10 Å². The normalized spacial score (nSPS) is 18.0. The highest BCUT2D eigenvalue weighted by atomic mass is 16.5. The van der Waals surface area contributed by atoms with Crippen molar-refractivity contribution in [1.29, 1.82) is 5.26 Å². The molecule has 2 aliphatic rings.